The van der Waals surface area contributed by atoms with Gasteiger partial charge in [-0.3, -0.25) is 4.79 Å². The van der Waals surface area contributed by atoms with E-state index in [0.717, 1.165) is 19.3 Å². The molecule has 1 N–H and O–H groups in total. The predicted octanol–water partition coefficient (Wildman–Crippen LogP) is 1.82. The highest BCUT2D eigenvalue weighted by molar-refractivity contribution is 7.03. The van der Waals surface area contributed by atoms with Gasteiger partial charge in [-0.2, -0.15) is 4.37 Å². The van der Waals surface area contributed by atoms with Crippen molar-refractivity contribution >= 4 is 17.5 Å². The summed E-state index contributed by atoms with van der Waals surface area (Å²) in [6.07, 6.45) is 4.41. The summed E-state index contributed by atoms with van der Waals surface area (Å²) in [6.45, 7) is 0. The Labute approximate surface area is 86.2 Å². The Morgan fingerprint density at radius 2 is 2.14 bits per heavy atom. The van der Waals surface area contributed by atoms with Crippen molar-refractivity contribution in [2.45, 2.75) is 37.5 Å². The molecule has 4 nitrogen and oxygen atoms in total. The second-order valence-electron chi connectivity index (χ2n) is 3.70. The number of aliphatic carboxylic acids is 1. The lowest BCUT2D eigenvalue weighted by Gasteiger charge is -2.30. The average molecular weight is 212 g/mol. The lowest BCUT2D eigenvalue weighted by atomic mass is 9.73. The van der Waals surface area contributed by atoms with Gasteiger partial charge in [-0.1, -0.05) is 19.3 Å². The number of hydrogen-bond donors (Lipinski definition) is 1. The first kappa shape index (κ1) is 9.58. The Bertz CT molecular complexity index is 318. The molecule has 0 unspecified atom stereocenters. The normalized spacial score (nSPS) is 20.6. The van der Waals surface area contributed by atoms with Crippen LogP contribution in [0.1, 0.15) is 37.9 Å². The molecule has 0 radical (unpaired) electrons. The van der Waals surface area contributed by atoms with Gasteiger partial charge in [0.15, 0.2) is 5.82 Å². The lowest BCUT2D eigenvalue weighted by molar-refractivity contribution is -0.145. The molecule has 2 rings (SSSR count). The third kappa shape index (κ3) is 1.41. The molecule has 0 atom stereocenters. The van der Waals surface area contributed by atoms with E-state index in [9.17, 15) is 9.90 Å². The molecular formula is C9H12N2O2S. The van der Waals surface area contributed by atoms with Crippen molar-refractivity contribution in [3.05, 3.63) is 11.3 Å². The van der Waals surface area contributed by atoms with Crippen molar-refractivity contribution in [3.8, 4) is 0 Å². The van der Waals surface area contributed by atoms with Crippen LogP contribution in [-0.2, 0) is 10.2 Å². The summed E-state index contributed by atoms with van der Waals surface area (Å²) < 4.78 is 4.08. The van der Waals surface area contributed by atoms with Crippen LogP contribution in [0.5, 0.6) is 0 Å². The molecule has 1 saturated carbocycles. The van der Waals surface area contributed by atoms with Crippen LogP contribution < -0.4 is 0 Å². The van der Waals surface area contributed by atoms with Crippen molar-refractivity contribution < 1.29 is 9.90 Å². The van der Waals surface area contributed by atoms with Crippen molar-refractivity contribution in [1.82, 2.24) is 9.36 Å². The number of carboxylic acid groups (broad SMARTS) is 1. The number of nitrogens with zero attached hydrogens (tertiary/aromatic N) is 2. The Morgan fingerprint density at radius 1 is 1.43 bits per heavy atom. The molecule has 0 aromatic carbocycles. The maximum atomic E-state index is 11.3. The largest absolute Gasteiger partial charge is 0.480 e. The highest BCUT2D eigenvalue weighted by atomic mass is 32.1. The van der Waals surface area contributed by atoms with Crippen LogP contribution in [-0.4, -0.2) is 20.4 Å². The molecule has 1 aromatic heterocycles. The number of rotatable bonds is 2. The smallest absolute Gasteiger partial charge is 0.317 e. The van der Waals surface area contributed by atoms with Gasteiger partial charge >= 0.3 is 5.97 Å². The Kier molecular flexibility index (Phi) is 2.50. The van der Waals surface area contributed by atoms with Gasteiger partial charge in [0.05, 0.1) is 0 Å². The minimum atomic E-state index is -0.793. The fourth-order valence-electron chi connectivity index (χ4n) is 2.07. The zero-order valence-electron chi connectivity index (χ0n) is 7.77. The second-order valence-corrected chi connectivity index (χ2v) is 4.31. The van der Waals surface area contributed by atoms with Crippen molar-refractivity contribution in [3.63, 3.8) is 0 Å². The third-order valence-electron chi connectivity index (χ3n) is 2.91. The first-order valence-electron chi connectivity index (χ1n) is 4.76. The van der Waals surface area contributed by atoms with Crippen LogP contribution >= 0.6 is 11.5 Å². The molecule has 0 spiro atoms. The lowest BCUT2D eigenvalue weighted by Crippen LogP contribution is -2.38. The maximum absolute atomic E-state index is 11.3. The fourth-order valence-corrected chi connectivity index (χ4v) is 2.59. The van der Waals surface area contributed by atoms with Crippen molar-refractivity contribution in [2.24, 2.45) is 0 Å². The predicted molar refractivity (Wildman–Crippen MR) is 52.3 cm³/mol. The number of carboxylic acids is 1. The van der Waals surface area contributed by atoms with Gasteiger partial charge in [-0.15, -0.1) is 0 Å². The quantitative estimate of drug-likeness (QED) is 0.812. The van der Waals surface area contributed by atoms with Crippen LogP contribution in [0.4, 0.5) is 0 Å². The van der Waals surface area contributed by atoms with Crippen LogP contribution in [0.25, 0.3) is 0 Å². The minimum Gasteiger partial charge on any atom is -0.480 e. The summed E-state index contributed by atoms with van der Waals surface area (Å²) in [4.78, 5) is 15.4. The van der Waals surface area contributed by atoms with Gasteiger partial charge < -0.3 is 5.11 Å². The van der Waals surface area contributed by atoms with E-state index in [1.807, 2.05) is 0 Å². The van der Waals surface area contributed by atoms with Gasteiger partial charge in [0.1, 0.15) is 10.9 Å². The van der Waals surface area contributed by atoms with Crippen LogP contribution in [0, 0.1) is 0 Å². The number of hydrogen-bond acceptors (Lipinski definition) is 4. The highest BCUT2D eigenvalue weighted by Gasteiger charge is 2.44. The Hall–Kier alpha value is -0.970. The minimum absolute atomic E-state index is 0.509. The van der Waals surface area contributed by atoms with Crippen molar-refractivity contribution in [2.75, 3.05) is 0 Å². The first-order chi connectivity index (χ1) is 6.76. The van der Waals surface area contributed by atoms with E-state index >= 15 is 0 Å². The first-order valence-corrected chi connectivity index (χ1v) is 5.60. The van der Waals surface area contributed by atoms with E-state index in [4.69, 9.17) is 0 Å². The summed E-state index contributed by atoms with van der Waals surface area (Å²) in [5.41, 5.74) is 0.812. The van der Waals surface area contributed by atoms with E-state index in [2.05, 4.69) is 9.36 Å². The molecule has 0 amide bonds. The molecule has 1 aliphatic rings. The maximum Gasteiger partial charge on any atom is 0.317 e. The molecule has 1 aromatic rings. The van der Waals surface area contributed by atoms with Gasteiger partial charge in [0.25, 0.3) is 0 Å². The summed E-state index contributed by atoms with van der Waals surface area (Å²) >= 11 is 1.22. The molecule has 1 heterocycles. The second kappa shape index (κ2) is 3.65. The molecule has 0 bridgehead atoms. The summed E-state index contributed by atoms with van der Waals surface area (Å²) in [5, 5.41) is 9.29. The topological polar surface area (TPSA) is 63.1 Å². The Balaban J connectivity index is 2.35. The summed E-state index contributed by atoms with van der Waals surface area (Å²) in [5.74, 6) is -0.259. The van der Waals surface area contributed by atoms with E-state index < -0.39 is 11.4 Å². The van der Waals surface area contributed by atoms with E-state index in [1.165, 1.54) is 11.5 Å². The number of aromatic nitrogens is 2. The molecular weight excluding hydrogens is 200 g/mol. The SMILES string of the molecule is O=C(O)C1(c2ncsn2)CCCCC1. The van der Waals surface area contributed by atoms with Crippen molar-refractivity contribution in [1.29, 1.82) is 0 Å². The van der Waals surface area contributed by atoms with Crippen LogP contribution in [0.15, 0.2) is 5.51 Å². The molecule has 5 heteroatoms. The molecule has 1 fully saturated rings. The van der Waals surface area contributed by atoms with E-state index in [-0.39, 0.29) is 0 Å². The van der Waals surface area contributed by atoms with E-state index in [0.29, 0.717) is 18.7 Å². The summed E-state index contributed by atoms with van der Waals surface area (Å²) in [7, 11) is 0. The Morgan fingerprint density at radius 3 is 2.64 bits per heavy atom. The van der Waals surface area contributed by atoms with Gasteiger partial charge in [-0.05, 0) is 24.4 Å². The zero-order chi connectivity index (χ0) is 10.0. The molecule has 1 aliphatic carbocycles. The van der Waals surface area contributed by atoms with Gasteiger partial charge in [-0.25, -0.2) is 4.98 Å². The van der Waals surface area contributed by atoms with Crippen LogP contribution in [0.3, 0.4) is 0 Å². The standard InChI is InChI=1S/C9H12N2O2S/c12-8(13)9(4-2-1-3-5-9)7-10-6-14-11-7/h6H,1-5H2,(H,12,13). The molecule has 14 heavy (non-hydrogen) atoms. The van der Waals surface area contributed by atoms with Crippen LogP contribution in [0.2, 0.25) is 0 Å². The fraction of sp³-hybridized carbons (Fsp3) is 0.667. The zero-order valence-corrected chi connectivity index (χ0v) is 8.59. The summed E-state index contributed by atoms with van der Waals surface area (Å²) in [6, 6.07) is 0. The molecule has 76 valence electrons. The van der Waals surface area contributed by atoms with Gasteiger partial charge in [0, 0.05) is 0 Å². The third-order valence-corrected chi connectivity index (χ3v) is 3.38. The van der Waals surface area contributed by atoms with E-state index in [1.54, 1.807) is 5.51 Å². The van der Waals surface area contributed by atoms with Gasteiger partial charge in [0.2, 0.25) is 0 Å². The monoisotopic (exact) mass is 212 g/mol. The highest BCUT2D eigenvalue weighted by Crippen LogP contribution is 2.38. The molecule has 0 saturated heterocycles. The number of carbonyl (C=O) groups is 1. The molecule has 0 aliphatic heterocycles. The average Bonchev–Trinajstić information content (AvgIpc) is 2.72.